The summed E-state index contributed by atoms with van der Waals surface area (Å²) >= 11 is 3.42. The van der Waals surface area contributed by atoms with Gasteiger partial charge < -0.3 is 10.1 Å². The number of benzene rings is 1. The molecule has 1 aromatic heterocycles. The van der Waals surface area contributed by atoms with Crippen LogP contribution >= 0.6 is 15.9 Å². The van der Waals surface area contributed by atoms with E-state index < -0.39 is 0 Å². The van der Waals surface area contributed by atoms with Crippen molar-refractivity contribution >= 4 is 21.7 Å². The van der Waals surface area contributed by atoms with Gasteiger partial charge in [-0.2, -0.15) is 4.98 Å². The van der Waals surface area contributed by atoms with Crippen molar-refractivity contribution in [1.29, 1.82) is 0 Å². The van der Waals surface area contributed by atoms with Crippen LogP contribution in [-0.4, -0.2) is 17.0 Å². The van der Waals surface area contributed by atoms with Crippen LogP contribution < -0.4 is 10.1 Å². The molecule has 2 aromatic rings. The summed E-state index contributed by atoms with van der Waals surface area (Å²) in [6.07, 6.45) is 0. The Balaban J connectivity index is 2.12. The Bertz CT molecular complexity index is 570. The van der Waals surface area contributed by atoms with Crippen LogP contribution in [0.25, 0.3) is 0 Å². The second-order valence-electron chi connectivity index (χ2n) is 4.77. The summed E-state index contributed by atoms with van der Waals surface area (Å²) in [6, 6.07) is 9.85. The van der Waals surface area contributed by atoms with Crippen molar-refractivity contribution in [1.82, 2.24) is 9.97 Å². The molecule has 0 radical (unpaired) electrons. The molecule has 0 fully saturated rings. The molecule has 0 saturated carbocycles. The SMILES string of the molecule is CNc1cc(OCc2ccc(Br)cc2)nc(C(C)C)n1. The van der Waals surface area contributed by atoms with Gasteiger partial charge in [0.25, 0.3) is 0 Å². The molecule has 0 spiro atoms. The molecule has 4 nitrogen and oxygen atoms in total. The van der Waals surface area contributed by atoms with Crippen LogP contribution in [-0.2, 0) is 6.61 Å². The summed E-state index contributed by atoms with van der Waals surface area (Å²) in [5.74, 6) is 2.41. The molecule has 0 aliphatic heterocycles. The first kappa shape index (κ1) is 14.8. The first-order valence-electron chi connectivity index (χ1n) is 6.52. The Hall–Kier alpha value is -1.62. The maximum atomic E-state index is 5.76. The molecule has 5 heteroatoms. The maximum absolute atomic E-state index is 5.76. The predicted molar refractivity (Wildman–Crippen MR) is 84.1 cm³/mol. The number of ether oxygens (including phenoxy) is 1. The molecule has 0 aliphatic rings. The van der Waals surface area contributed by atoms with E-state index in [1.807, 2.05) is 37.4 Å². The third-order valence-electron chi connectivity index (χ3n) is 2.79. The monoisotopic (exact) mass is 335 g/mol. The average Bonchev–Trinajstić information content (AvgIpc) is 2.46. The average molecular weight is 336 g/mol. The first-order valence-corrected chi connectivity index (χ1v) is 7.31. The van der Waals surface area contributed by atoms with Crippen LogP contribution in [0.4, 0.5) is 5.82 Å². The third-order valence-corrected chi connectivity index (χ3v) is 3.32. The minimum absolute atomic E-state index is 0.262. The standard InChI is InChI=1S/C15H18BrN3O/c1-10(2)15-18-13(17-3)8-14(19-15)20-9-11-4-6-12(16)7-5-11/h4-8,10H,9H2,1-3H3,(H,17,18,19). The fraction of sp³-hybridized carbons (Fsp3) is 0.333. The summed E-state index contributed by atoms with van der Waals surface area (Å²) < 4.78 is 6.82. The number of nitrogens with one attached hydrogen (secondary N) is 1. The predicted octanol–water partition coefficient (Wildman–Crippen LogP) is 3.98. The van der Waals surface area contributed by atoms with E-state index in [-0.39, 0.29) is 5.92 Å². The summed E-state index contributed by atoms with van der Waals surface area (Å²) in [6.45, 7) is 4.62. The van der Waals surface area contributed by atoms with E-state index in [1.165, 1.54) is 0 Å². The van der Waals surface area contributed by atoms with Crippen LogP contribution in [0, 0.1) is 0 Å². The molecular formula is C15H18BrN3O. The highest BCUT2D eigenvalue weighted by Gasteiger charge is 2.08. The van der Waals surface area contributed by atoms with Gasteiger partial charge in [-0.3, -0.25) is 0 Å². The summed E-state index contributed by atoms with van der Waals surface area (Å²) in [7, 11) is 1.84. The minimum Gasteiger partial charge on any atom is -0.473 e. The Morgan fingerprint density at radius 3 is 2.50 bits per heavy atom. The molecule has 1 heterocycles. The second-order valence-corrected chi connectivity index (χ2v) is 5.69. The lowest BCUT2D eigenvalue weighted by Crippen LogP contribution is -2.05. The van der Waals surface area contributed by atoms with E-state index in [1.54, 1.807) is 0 Å². The van der Waals surface area contributed by atoms with Crippen molar-refractivity contribution < 1.29 is 4.74 Å². The van der Waals surface area contributed by atoms with E-state index in [9.17, 15) is 0 Å². The molecule has 106 valence electrons. The van der Waals surface area contributed by atoms with E-state index in [4.69, 9.17) is 4.74 Å². The van der Waals surface area contributed by atoms with E-state index in [0.717, 1.165) is 21.7 Å². The van der Waals surface area contributed by atoms with Crippen molar-refractivity contribution in [2.45, 2.75) is 26.4 Å². The molecule has 0 amide bonds. The highest BCUT2D eigenvalue weighted by molar-refractivity contribution is 9.10. The Kier molecular flexibility index (Phi) is 4.95. The van der Waals surface area contributed by atoms with Gasteiger partial charge >= 0.3 is 0 Å². The van der Waals surface area contributed by atoms with Crippen LogP contribution in [0.5, 0.6) is 5.88 Å². The third kappa shape index (κ3) is 3.93. The van der Waals surface area contributed by atoms with Crippen LogP contribution in [0.3, 0.4) is 0 Å². The number of aromatic nitrogens is 2. The van der Waals surface area contributed by atoms with Crippen molar-refractivity contribution in [2.24, 2.45) is 0 Å². The Morgan fingerprint density at radius 2 is 1.90 bits per heavy atom. The number of anilines is 1. The fourth-order valence-corrected chi connectivity index (χ4v) is 1.91. The zero-order chi connectivity index (χ0) is 14.5. The second kappa shape index (κ2) is 6.70. The number of hydrogen-bond acceptors (Lipinski definition) is 4. The molecule has 2 rings (SSSR count). The van der Waals surface area contributed by atoms with Crippen LogP contribution in [0.1, 0.15) is 31.2 Å². The number of rotatable bonds is 5. The summed E-state index contributed by atoms with van der Waals surface area (Å²) in [5.41, 5.74) is 1.10. The van der Waals surface area contributed by atoms with Crippen molar-refractivity contribution in [3.63, 3.8) is 0 Å². The van der Waals surface area contributed by atoms with Gasteiger partial charge in [-0.25, -0.2) is 4.98 Å². The van der Waals surface area contributed by atoms with Crippen LogP contribution in [0.2, 0.25) is 0 Å². The van der Waals surface area contributed by atoms with Gasteiger partial charge in [0.2, 0.25) is 5.88 Å². The minimum atomic E-state index is 0.262. The maximum Gasteiger partial charge on any atom is 0.219 e. The van der Waals surface area contributed by atoms with Crippen molar-refractivity contribution in [3.8, 4) is 5.88 Å². The molecule has 0 atom stereocenters. The van der Waals surface area contributed by atoms with Gasteiger partial charge in [-0.05, 0) is 17.7 Å². The lowest BCUT2D eigenvalue weighted by Gasteiger charge is -2.11. The largest absolute Gasteiger partial charge is 0.473 e. The van der Waals surface area contributed by atoms with E-state index in [0.29, 0.717) is 12.5 Å². The fourth-order valence-electron chi connectivity index (χ4n) is 1.64. The normalized spacial score (nSPS) is 10.7. The van der Waals surface area contributed by atoms with Gasteiger partial charge in [0, 0.05) is 23.5 Å². The smallest absolute Gasteiger partial charge is 0.219 e. The molecular weight excluding hydrogens is 318 g/mol. The lowest BCUT2D eigenvalue weighted by atomic mass is 10.2. The molecule has 0 aliphatic carbocycles. The van der Waals surface area contributed by atoms with Crippen molar-refractivity contribution in [2.75, 3.05) is 12.4 Å². The Morgan fingerprint density at radius 1 is 1.20 bits per heavy atom. The molecule has 20 heavy (non-hydrogen) atoms. The molecule has 0 unspecified atom stereocenters. The number of halogens is 1. The zero-order valence-electron chi connectivity index (χ0n) is 11.9. The van der Waals surface area contributed by atoms with Gasteiger partial charge in [-0.15, -0.1) is 0 Å². The van der Waals surface area contributed by atoms with Gasteiger partial charge in [0.15, 0.2) is 0 Å². The van der Waals surface area contributed by atoms with Gasteiger partial charge in [0.1, 0.15) is 18.2 Å². The molecule has 0 bridgehead atoms. The highest BCUT2D eigenvalue weighted by atomic mass is 79.9. The lowest BCUT2D eigenvalue weighted by molar-refractivity contribution is 0.292. The Labute approximate surface area is 127 Å². The quantitative estimate of drug-likeness (QED) is 0.897. The topological polar surface area (TPSA) is 47.0 Å². The van der Waals surface area contributed by atoms with E-state index in [2.05, 4.69) is 45.1 Å². The first-order chi connectivity index (χ1) is 9.58. The zero-order valence-corrected chi connectivity index (χ0v) is 13.4. The van der Waals surface area contributed by atoms with E-state index >= 15 is 0 Å². The molecule has 1 N–H and O–H groups in total. The van der Waals surface area contributed by atoms with Gasteiger partial charge in [0.05, 0.1) is 0 Å². The van der Waals surface area contributed by atoms with Crippen LogP contribution in [0.15, 0.2) is 34.8 Å². The number of nitrogens with zero attached hydrogens (tertiary/aromatic N) is 2. The van der Waals surface area contributed by atoms with Gasteiger partial charge in [-0.1, -0.05) is 41.9 Å². The van der Waals surface area contributed by atoms with Crippen molar-refractivity contribution in [3.05, 3.63) is 46.2 Å². The number of hydrogen-bond donors (Lipinski definition) is 1. The summed E-state index contributed by atoms with van der Waals surface area (Å²) in [4.78, 5) is 8.84. The summed E-state index contributed by atoms with van der Waals surface area (Å²) in [5, 5.41) is 3.03. The molecule has 0 saturated heterocycles. The molecule has 1 aromatic carbocycles. The highest BCUT2D eigenvalue weighted by Crippen LogP contribution is 2.19.